The first-order chi connectivity index (χ1) is 6.79. The molecule has 15 heavy (non-hydrogen) atoms. The normalized spacial score (nSPS) is 13.1. The van der Waals surface area contributed by atoms with E-state index in [0.717, 1.165) is 11.1 Å². The van der Waals surface area contributed by atoms with Gasteiger partial charge in [-0.15, -0.1) is 0 Å². The fraction of sp³-hybridized carbons (Fsp3) is 0.300. The molecule has 0 saturated heterocycles. The van der Waals surface area contributed by atoms with E-state index in [-0.39, 0.29) is 0 Å². The first kappa shape index (κ1) is 12.5. The lowest BCUT2D eigenvalue weighted by Gasteiger charge is -2.04. The zero-order chi connectivity index (χ0) is 11.6. The molecular formula is C10H9F3IN. The van der Waals surface area contributed by atoms with Gasteiger partial charge in [0.25, 0.3) is 0 Å². The van der Waals surface area contributed by atoms with Gasteiger partial charge in [-0.3, -0.25) is 0 Å². The second kappa shape index (κ2) is 4.51. The first-order valence-electron chi connectivity index (χ1n) is 4.19. The quantitative estimate of drug-likeness (QED) is 0.538. The predicted molar refractivity (Wildman–Crippen MR) is 63.1 cm³/mol. The van der Waals surface area contributed by atoms with Gasteiger partial charge in [-0.05, 0) is 59.7 Å². The largest absolute Gasteiger partial charge is 0.439 e. The summed E-state index contributed by atoms with van der Waals surface area (Å²) in [7, 11) is 0. The van der Waals surface area contributed by atoms with Crippen LogP contribution in [0.3, 0.4) is 0 Å². The van der Waals surface area contributed by atoms with Crippen LogP contribution < -0.4 is 0 Å². The van der Waals surface area contributed by atoms with E-state index in [1.165, 1.54) is 22.6 Å². The highest BCUT2D eigenvalue weighted by Crippen LogP contribution is 2.26. The summed E-state index contributed by atoms with van der Waals surface area (Å²) in [5.41, 5.74) is 2.15. The van der Waals surface area contributed by atoms with Crippen LogP contribution in [0.25, 0.3) is 0 Å². The molecule has 1 aromatic carbocycles. The van der Waals surface area contributed by atoms with Gasteiger partial charge in [0.05, 0.1) is 5.69 Å². The molecule has 5 heteroatoms. The molecule has 0 spiro atoms. The van der Waals surface area contributed by atoms with E-state index in [4.69, 9.17) is 0 Å². The zero-order valence-corrected chi connectivity index (χ0v) is 10.3. The summed E-state index contributed by atoms with van der Waals surface area (Å²) in [6.07, 6.45) is -4.36. The van der Waals surface area contributed by atoms with Crippen molar-refractivity contribution in [1.29, 1.82) is 0 Å². The van der Waals surface area contributed by atoms with Gasteiger partial charge in [0.1, 0.15) is 0 Å². The van der Waals surface area contributed by atoms with E-state index < -0.39 is 9.89 Å². The third-order valence-corrected chi connectivity index (χ3v) is 2.52. The molecule has 0 heterocycles. The number of alkyl halides is 3. The lowest BCUT2D eigenvalue weighted by molar-refractivity contribution is -0.0544. The molecule has 0 saturated carbocycles. The fourth-order valence-corrected chi connectivity index (χ4v) is 1.47. The van der Waals surface area contributed by atoms with Gasteiger partial charge in [0.15, 0.2) is 3.72 Å². The maximum atomic E-state index is 12.2. The molecular weight excluding hydrogens is 318 g/mol. The Morgan fingerprint density at radius 1 is 1.13 bits per heavy atom. The first-order valence-corrected chi connectivity index (χ1v) is 5.26. The third-order valence-electron chi connectivity index (χ3n) is 1.67. The maximum Gasteiger partial charge on any atom is 0.439 e. The Bertz CT molecular complexity index is 376. The second-order valence-corrected chi connectivity index (χ2v) is 4.27. The Balaban J connectivity index is 3.08. The molecule has 0 N–H and O–H groups in total. The summed E-state index contributed by atoms with van der Waals surface area (Å²) < 4.78 is 35.7. The van der Waals surface area contributed by atoms with Crippen LogP contribution >= 0.6 is 22.6 Å². The average Bonchev–Trinajstić information content (AvgIpc) is 1.99. The van der Waals surface area contributed by atoms with Crippen molar-refractivity contribution < 1.29 is 13.2 Å². The Hall–Kier alpha value is -0.590. The Morgan fingerprint density at radius 2 is 1.60 bits per heavy atom. The number of aryl methyl sites for hydroxylation is 2. The van der Waals surface area contributed by atoms with Crippen molar-refractivity contribution in [2.75, 3.05) is 0 Å². The minimum Gasteiger partial charge on any atom is -0.238 e. The fourth-order valence-electron chi connectivity index (χ4n) is 1.19. The van der Waals surface area contributed by atoms with E-state index in [2.05, 4.69) is 4.99 Å². The second-order valence-electron chi connectivity index (χ2n) is 3.25. The molecule has 0 aliphatic rings. The van der Waals surface area contributed by atoms with E-state index in [1.807, 2.05) is 19.9 Å². The molecule has 0 bridgehead atoms. The monoisotopic (exact) mass is 327 g/mol. The number of nitrogens with zero attached hydrogens (tertiary/aromatic N) is 1. The van der Waals surface area contributed by atoms with Gasteiger partial charge < -0.3 is 0 Å². The molecule has 0 amide bonds. The molecule has 1 nitrogen and oxygen atoms in total. The molecule has 1 rings (SSSR count). The molecule has 82 valence electrons. The predicted octanol–water partition coefficient (Wildman–Crippen LogP) is 4.33. The Labute approximate surface area is 99.5 Å². The highest BCUT2D eigenvalue weighted by atomic mass is 127. The van der Waals surface area contributed by atoms with Crippen LogP contribution in [-0.4, -0.2) is 9.89 Å². The summed E-state index contributed by atoms with van der Waals surface area (Å²) in [6, 6.07) is 5.13. The zero-order valence-electron chi connectivity index (χ0n) is 8.19. The van der Waals surface area contributed by atoms with E-state index in [9.17, 15) is 13.2 Å². The van der Waals surface area contributed by atoms with Crippen LogP contribution in [0.2, 0.25) is 0 Å². The number of hydrogen-bond donors (Lipinski definition) is 0. The van der Waals surface area contributed by atoms with Gasteiger partial charge in [-0.25, -0.2) is 4.99 Å². The van der Waals surface area contributed by atoms with E-state index in [0.29, 0.717) is 5.69 Å². The van der Waals surface area contributed by atoms with Crippen molar-refractivity contribution >= 4 is 32.0 Å². The van der Waals surface area contributed by atoms with Gasteiger partial charge in [-0.1, -0.05) is 6.07 Å². The van der Waals surface area contributed by atoms with Crippen molar-refractivity contribution in [2.45, 2.75) is 20.0 Å². The molecule has 1 aromatic rings. The molecule has 0 aromatic heterocycles. The topological polar surface area (TPSA) is 12.4 Å². The smallest absolute Gasteiger partial charge is 0.238 e. The lowest BCUT2D eigenvalue weighted by Crippen LogP contribution is -2.15. The summed E-state index contributed by atoms with van der Waals surface area (Å²) >= 11 is 1.20. The summed E-state index contributed by atoms with van der Waals surface area (Å²) in [5.74, 6) is 0. The Kier molecular flexibility index (Phi) is 3.75. The molecule has 0 fully saturated rings. The number of hydrogen-bond acceptors (Lipinski definition) is 1. The summed E-state index contributed by atoms with van der Waals surface area (Å²) in [6.45, 7) is 3.65. The number of halogens is 4. The summed E-state index contributed by atoms with van der Waals surface area (Å²) in [4.78, 5) is 3.53. The van der Waals surface area contributed by atoms with Gasteiger partial charge >= 0.3 is 6.18 Å². The SMILES string of the molecule is Cc1cc(C)cc(N=C(I)C(F)(F)F)c1. The van der Waals surface area contributed by atoms with Crippen molar-refractivity contribution in [3.63, 3.8) is 0 Å². The van der Waals surface area contributed by atoms with Crippen LogP contribution in [0, 0.1) is 13.8 Å². The van der Waals surface area contributed by atoms with Crippen LogP contribution in [0.15, 0.2) is 23.2 Å². The maximum absolute atomic E-state index is 12.2. The van der Waals surface area contributed by atoms with Gasteiger partial charge in [0, 0.05) is 0 Å². The van der Waals surface area contributed by atoms with Crippen LogP contribution in [0.5, 0.6) is 0 Å². The van der Waals surface area contributed by atoms with E-state index >= 15 is 0 Å². The van der Waals surface area contributed by atoms with Gasteiger partial charge in [0.2, 0.25) is 0 Å². The van der Waals surface area contributed by atoms with Crippen LogP contribution in [-0.2, 0) is 0 Å². The molecule has 0 unspecified atom stereocenters. The Morgan fingerprint density at radius 3 is 2.00 bits per heavy atom. The number of benzene rings is 1. The highest BCUT2D eigenvalue weighted by Gasteiger charge is 2.33. The van der Waals surface area contributed by atoms with Crippen LogP contribution in [0.1, 0.15) is 11.1 Å². The summed E-state index contributed by atoms with van der Waals surface area (Å²) in [5, 5.41) is 0. The minimum absolute atomic E-state index is 0.342. The lowest BCUT2D eigenvalue weighted by atomic mass is 10.1. The van der Waals surface area contributed by atoms with Crippen molar-refractivity contribution in [3.05, 3.63) is 29.3 Å². The molecule has 0 aliphatic heterocycles. The van der Waals surface area contributed by atoms with Crippen molar-refractivity contribution in [1.82, 2.24) is 0 Å². The van der Waals surface area contributed by atoms with Crippen molar-refractivity contribution in [2.24, 2.45) is 4.99 Å². The molecule has 0 radical (unpaired) electrons. The third kappa shape index (κ3) is 3.81. The molecule has 0 atom stereocenters. The highest BCUT2D eigenvalue weighted by molar-refractivity contribution is 14.1. The van der Waals surface area contributed by atoms with Crippen molar-refractivity contribution in [3.8, 4) is 0 Å². The number of rotatable bonds is 1. The average molecular weight is 327 g/mol. The van der Waals surface area contributed by atoms with E-state index in [1.54, 1.807) is 12.1 Å². The van der Waals surface area contributed by atoms with Crippen LogP contribution in [0.4, 0.5) is 18.9 Å². The molecule has 0 aliphatic carbocycles. The standard InChI is InChI=1S/C10H9F3IN/c1-6-3-7(2)5-8(4-6)15-9(14)10(11,12)13/h3-5H,1-2H3. The minimum atomic E-state index is -4.36. The number of aliphatic imine (C=N–C) groups is 1. The van der Waals surface area contributed by atoms with Gasteiger partial charge in [-0.2, -0.15) is 13.2 Å².